The van der Waals surface area contributed by atoms with Gasteiger partial charge in [0, 0.05) is 36.4 Å². The van der Waals surface area contributed by atoms with Crippen LogP contribution in [0.25, 0.3) is 11.4 Å². The normalized spacial score (nSPS) is 26.0. The highest BCUT2D eigenvalue weighted by atomic mass is 16.1. The Bertz CT molecular complexity index is 686. The topological polar surface area (TPSA) is 67.8 Å². The minimum absolute atomic E-state index is 0.0520. The van der Waals surface area contributed by atoms with Crippen molar-refractivity contribution >= 4 is 5.91 Å². The van der Waals surface area contributed by atoms with Crippen LogP contribution < -0.4 is 5.32 Å². The molecule has 4 rings (SSSR count). The van der Waals surface area contributed by atoms with E-state index >= 15 is 0 Å². The minimum Gasteiger partial charge on any atom is -0.349 e. The van der Waals surface area contributed by atoms with Crippen LogP contribution in [0.1, 0.15) is 42.5 Å². The number of amides is 1. The average Bonchev–Trinajstić information content (AvgIpc) is 3.21. The van der Waals surface area contributed by atoms with Crippen LogP contribution in [0.5, 0.6) is 0 Å². The highest BCUT2D eigenvalue weighted by Gasteiger charge is 2.39. The fourth-order valence-corrected chi connectivity index (χ4v) is 4.09. The zero-order valence-corrected chi connectivity index (χ0v) is 13.0. The fourth-order valence-electron chi connectivity index (χ4n) is 4.09. The van der Waals surface area contributed by atoms with E-state index in [2.05, 4.69) is 20.3 Å². The summed E-state index contributed by atoms with van der Waals surface area (Å²) in [6, 6.07) is 4.04. The van der Waals surface area contributed by atoms with Gasteiger partial charge in [0.25, 0.3) is 5.91 Å². The summed E-state index contributed by atoms with van der Waals surface area (Å²) in [5.74, 6) is 2.06. The molecule has 1 amide bonds. The number of carbonyl (C=O) groups excluding carboxylic acids is 1. The standard InChI is InChI=1S/C18H20N4O/c23-18(22-16-5-4-12-2-1-3-15(12)16)14-10-20-17(21-11-14)13-6-8-19-9-7-13/h6-12,15-16H,1-5H2,(H,22,23)/t12-,15-,16-/m0/s1. The van der Waals surface area contributed by atoms with Crippen LogP contribution in [0.4, 0.5) is 0 Å². The number of hydrogen-bond donors (Lipinski definition) is 1. The molecule has 2 aromatic heterocycles. The van der Waals surface area contributed by atoms with E-state index in [1.807, 2.05) is 12.1 Å². The van der Waals surface area contributed by atoms with Gasteiger partial charge in [0.1, 0.15) is 0 Å². The van der Waals surface area contributed by atoms with E-state index in [4.69, 9.17) is 0 Å². The Kier molecular flexibility index (Phi) is 3.77. The van der Waals surface area contributed by atoms with Crippen molar-refractivity contribution in [2.24, 2.45) is 11.8 Å². The van der Waals surface area contributed by atoms with E-state index in [9.17, 15) is 4.79 Å². The van der Waals surface area contributed by atoms with Gasteiger partial charge in [-0.25, -0.2) is 9.97 Å². The van der Waals surface area contributed by atoms with Gasteiger partial charge in [-0.15, -0.1) is 0 Å². The van der Waals surface area contributed by atoms with Gasteiger partial charge >= 0.3 is 0 Å². The second-order valence-corrected chi connectivity index (χ2v) is 6.54. The van der Waals surface area contributed by atoms with Gasteiger partial charge in [-0.05, 0) is 43.2 Å². The van der Waals surface area contributed by atoms with Crippen LogP contribution >= 0.6 is 0 Å². The Morgan fingerprint density at radius 3 is 2.61 bits per heavy atom. The largest absolute Gasteiger partial charge is 0.349 e. The van der Waals surface area contributed by atoms with Gasteiger partial charge in [0.05, 0.1) is 5.56 Å². The molecule has 2 aliphatic carbocycles. The number of carbonyl (C=O) groups is 1. The first-order valence-corrected chi connectivity index (χ1v) is 8.34. The minimum atomic E-state index is -0.0520. The van der Waals surface area contributed by atoms with E-state index in [0.29, 0.717) is 23.3 Å². The highest BCUT2D eigenvalue weighted by Crippen LogP contribution is 2.43. The lowest BCUT2D eigenvalue weighted by atomic mass is 9.97. The molecule has 2 aromatic rings. The molecule has 118 valence electrons. The van der Waals surface area contributed by atoms with Gasteiger partial charge in [0.2, 0.25) is 0 Å². The molecule has 0 unspecified atom stereocenters. The number of fused-ring (bicyclic) bond motifs is 1. The molecule has 3 atom stereocenters. The predicted molar refractivity (Wildman–Crippen MR) is 86.6 cm³/mol. The van der Waals surface area contributed by atoms with Gasteiger partial charge in [0.15, 0.2) is 5.82 Å². The molecule has 0 radical (unpaired) electrons. The van der Waals surface area contributed by atoms with Crippen LogP contribution in [0.2, 0.25) is 0 Å². The lowest BCUT2D eigenvalue weighted by molar-refractivity contribution is 0.0925. The number of aromatic nitrogens is 3. The maximum atomic E-state index is 12.4. The summed E-state index contributed by atoms with van der Waals surface area (Å²) in [6.07, 6.45) is 12.9. The number of pyridine rings is 1. The van der Waals surface area contributed by atoms with Crippen molar-refractivity contribution in [3.8, 4) is 11.4 Å². The fraction of sp³-hybridized carbons (Fsp3) is 0.444. The molecule has 0 bridgehead atoms. The van der Waals surface area contributed by atoms with Crippen molar-refractivity contribution in [1.29, 1.82) is 0 Å². The number of nitrogens with zero attached hydrogens (tertiary/aromatic N) is 3. The first kappa shape index (κ1) is 14.3. The van der Waals surface area contributed by atoms with E-state index in [1.165, 1.54) is 25.7 Å². The zero-order valence-electron chi connectivity index (χ0n) is 13.0. The Morgan fingerprint density at radius 1 is 1.04 bits per heavy atom. The monoisotopic (exact) mass is 308 g/mol. The summed E-state index contributed by atoms with van der Waals surface area (Å²) >= 11 is 0. The Morgan fingerprint density at radius 2 is 1.83 bits per heavy atom. The van der Waals surface area contributed by atoms with Crippen LogP contribution in [-0.4, -0.2) is 26.9 Å². The smallest absolute Gasteiger partial charge is 0.254 e. The van der Waals surface area contributed by atoms with Crippen molar-refractivity contribution in [2.45, 2.75) is 38.1 Å². The summed E-state index contributed by atoms with van der Waals surface area (Å²) < 4.78 is 0. The Labute approximate surface area is 135 Å². The number of rotatable bonds is 3. The third-order valence-corrected chi connectivity index (χ3v) is 5.25. The summed E-state index contributed by atoms with van der Waals surface area (Å²) in [6.45, 7) is 0. The van der Waals surface area contributed by atoms with Gasteiger partial charge < -0.3 is 5.32 Å². The van der Waals surface area contributed by atoms with Gasteiger partial charge in [-0.3, -0.25) is 9.78 Å². The second kappa shape index (κ2) is 6.07. The summed E-state index contributed by atoms with van der Waals surface area (Å²) in [7, 11) is 0. The summed E-state index contributed by atoms with van der Waals surface area (Å²) in [5.41, 5.74) is 1.43. The van der Waals surface area contributed by atoms with Crippen molar-refractivity contribution < 1.29 is 4.79 Å². The van der Waals surface area contributed by atoms with Crippen LogP contribution in [0, 0.1) is 11.8 Å². The van der Waals surface area contributed by atoms with Gasteiger partial charge in [-0.1, -0.05) is 12.8 Å². The predicted octanol–water partition coefficient (Wildman–Crippen LogP) is 2.85. The zero-order chi connectivity index (χ0) is 15.6. The maximum absolute atomic E-state index is 12.4. The molecule has 1 N–H and O–H groups in total. The Hall–Kier alpha value is -2.30. The first-order valence-electron chi connectivity index (χ1n) is 8.34. The van der Waals surface area contributed by atoms with Crippen LogP contribution in [0.3, 0.4) is 0 Å². The van der Waals surface area contributed by atoms with Crippen molar-refractivity contribution in [2.75, 3.05) is 0 Å². The van der Waals surface area contributed by atoms with E-state index in [-0.39, 0.29) is 5.91 Å². The van der Waals surface area contributed by atoms with Crippen LogP contribution in [-0.2, 0) is 0 Å². The molecule has 0 aliphatic heterocycles. The van der Waals surface area contributed by atoms with E-state index in [0.717, 1.165) is 17.9 Å². The van der Waals surface area contributed by atoms with Crippen LogP contribution in [0.15, 0.2) is 36.9 Å². The van der Waals surface area contributed by atoms with Crippen molar-refractivity contribution in [1.82, 2.24) is 20.3 Å². The SMILES string of the molecule is O=C(N[C@H]1CC[C@@H]2CCC[C@@H]21)c1cnc(-c2ccncc2)nc1. The average molecular weight is 308 g/mol. The lowest BCUT2D eigenvalue weighted by Crippen LogP contribution is -2.37. The third kappa shape index (κ3) is 2.83. The molecule has 0 saturated heterocycles. The quantitative estimate of drug-likeness (QED) is 0.946. The van der Waals surface area contributed by atoms with E-state index in [1.54, 1.807) is 24.8 Å². The molecule has 2 saturated carbocycles. The first-order chi connectivity index (χ1) is 11.3. The molecule has 2 fully saturated rings. The molecule has 0 aromatic carbocycles. The molecule has 5 heteroatoms. The van der Waals surface area contributed by atoms with Crippen molar-refractivity contribution in [3.63, 3.8) is 0 Å². The summed E-state index contributed by atoms with van der Waals surface area (Å²) in [5, 5.41) is 3.20. The van der Waals surface area contributed by atoms with E-state index < -0.39 is 0 Å². The Balaban J connectivity index is 1.45. The lowest BCUT2D eigenvalue weighted by Gasteiger charge is -2.19. The number of hydrogen-bond acceptors (Lipinski definition) is 4. The molecule has 23 heavy (non-hydrogen) atoms. The molecule has 2 heterocycles. The highest BCUT2D eigenvalue weighted by molar-refractivity contribution is 5.94. The van der Waals surface area contributed by atoms with Gasteiger partial charge in [-0.2, -0.15) is 0 Å². The second-order valence-electron chi connectivity index (χ2n) is 6.54. The molecule has 2 aliphatic rings. The van der Waals surface area contributed by atoms with Crippen molar-refractivity contribution in [3.05, 3.63) is 42.5 Å². The molecule has 5 nitrogen and oxygen atoms in total. The molecule has 0 spiro atoms. The molecular weight excluding hydrogens is 288 g/mol. The third-order valence-electron chi connectivity index (χ3n) is 5.25. The molecular formula is C18H20N4O. The number of nitrogens with one attached hydrogen (secondary N) is 1. The maximum Gasteiger partial charge on any atom is 0.254 e. The summed E-state index contributed by atoms with van der Waals surface area (Å²) in [4.78, 5) is 25.0.